The van der Waals surface area contributed by atoms with Gasteiger partial charge in [0, 0.05) is 43.2 Å². The molecule has 0 aliphatic rings. The van der Waals surface area contributed by atoms with Gasteiger partial charge < -0.3 is 4.57 Å². The molecule has 160 valence electrons. The molecular formula is C20H21F3N4O2S. The number of hydrogen-bond donors (Lipinski definition) is 1. The second-order valence-electron chi connectivity index (χ2n) is 7.23. The van der Waals surface area contributed by atoms with Gasteiger partial charge >= 0.3 is 6.18 Å². The smallest absolute Gasteiger partial charge is 0.340 e. The maximum Gasteiger partial charge on any atom is 0.416 e. The van der Waals surface area contributed by atoms with Gasteiger partial charge in [-0.1, -0.05) is 6.07 Å². The molecule has 0 aliphatic carbocycles. The summed E-state index contributed by atoms with van der Waals surface area (Å²) < 4.78 is 68.5. The van der Waals surface area contributed by atoms with Crippen molar-refractivity contribution in [3.63, 3.8) is 0 Å². The second kappa shape index (κ2) is 8.19. The molecule has 10 heteroatoms. The molecule has 0 atom stereocenters. The summed E-state index contributed by atoms with van der Waals surface area (Å²) in [6.07, 6.45) is 0.0134. The Morgan fingerprint density at radius 2 is 1.87 bits per heavy atom. The van der Waals surface area contributed by atoms with Gasteiger partial charge in [0.15, 0.2) is 0 Å². The van der Waals surface area contributed by atoms with Gasteiger partial charge in [0.2, 0.25) is 10.0 Å². The molecule has 30 heavy (non-hydrogen) atoms. The number of nitrogens with one attached hydrogen (secondary N) is 1. The van der Waals surface area contributed by atoms with Crippen LogP contribution in [0.1, 0.15) is 30.7 Å². The number of alkyl halides is 3. The van der Waals surface area contributed by atoms with E-state index in [1.165, 1.54) is 12.1 Å². The van der Waals surface area contributed by atoms with Crippen LogP contribution in [-0.2, 0) is 29.7 Å². The molecule has 2 aromatic heterocycles. The topological polar surface area (TPSA) is 76.9 Å². The molecule has 0 amide bonds. The molecule has 0 radical (unpaired) electrons. The quantitative estimate of drug-likeness (QED) is 0.636. The molecule has 0 saturated carbocycles. The number of aryl methyl sites for hydroxylation is 1. The van der Waals surface area contributed by atoms with E-state index in [0.717, 1.165) is 18.3 Å². The fraction of sp³-hybridized carbons (Fsp3) is 0.300. The van der Waals surface area contributed by atoms with E-state index in [1.807, 2.05) is 0 Å². The highest BCUT2D eigenvalue weighted by Gasteiger charge is 2.30. The van der Waals surface area contributed by atoms with Gasteiger partial charge in [-0.05, 0) is 43.7 Å². The summed E-state index contributed by atoms with van der Waals surface area (Å²) >= 11 is 0. The lowest BCUT2D eigenvalue weighted by molar-refractivity contribution is -0.137. The molecule has 0 unspecified atom stereocenters. The minimum Gasteiger partial charge on any atom is -0.340 e. The molecule has 0 bridgehead atoms. The maximum absolute atomic E-state index is 13.0. The molecule has 0 fully saturated rings. The molecule has 0 saturated heterocycles. The fourth-order valence-electron chi connectivity index (χ4n) is 2.99. The van der Waals surface area contributed by atoms with E-state index in [0.29, 0.717) is 16.8 Å². The predicted octanol–water partition coefficient (Wildman–Crippen LogP) is 3.78. The van der Waals surface area contributed by atoms with Crippen LogP contribution in [0.15, 0.2) is 53.9 Å². The zero-order valence-electron chi connectivity index (χ0n) is 16.6. The third-order valence-electron chi connectivity index (χ3n) is 4.28. The first-order valence-electron chi connectivity index (χ1n) is 9.11. The van der Waals surface area contributed by atoms with Crippen molar-refractivity contribution < 1.29 is 21.6 Å². The van der Waals surface area contributed by atoms with Gasteiger partial charge in [0.05, 0.1) is 22.5 Å². The monoisotopic (exact) mass is 438 g/mol. The van der Waals surface area contributed by atoms with E-state index < -0.39 is 21.8 Å². The number of nitrogens with zero attached hydrogens (tertiary/aromatic N) is 3. The van der Waals surface area contributed by atoms with Crippen molar-refractivity contribution in [3.05, 3.63) is 65.9 Å². The summed E-state index contributed by atoms with van der Waals surface area (Å²) in [5, 5.41) is 0. The number of sulfonamides is 1. The zero-order chi connectivity index (χ0) is 22.1. The van der Waals surface area contributed by atoms with Crippen LogP contribution in [0.3, 0.4) is 0 Å². The number of hydrogen-bond acceptors (Lipinski definition) is 4. The van der Waals surface area contributed by atoms with E-state index in [1.54, 1.807) is 44.1 Å². The minimum absolute atomic E-state index is 0.0533. The Balaban J connectivity index is 2.07. The van der Waals surface area contributed by atoms with Crippen molar-refractivity contribution in [2.24, 2.45) is 7.05 Å². The second-order valence-corrected chi connectivity index (χ2v) is 8.94. The molecule has 3 aromatic rings. The molecule has 3 rings (SSSR count). The summed E-state index contributed by atoms with van der Waals surface area (Å²) in [5.74, 6) is 0. The molecule has 1 N–H and O–H groups in total. The summed E-state index contributed by atoms with van der Waals surface area (Å²) in [7, 11) is -1.98. The van der Waals surface area contributed by atoms with Gasteiger partial charge in [-0.2, -0.15) is 13.2 Å². The van der Waals surface area contributed by atoms with E-state index in [4.69, 9.17) is 0 Å². The summed E-state index contributed by atoms with van der Waals surface area (Å²) in [4.78, 5) is 8.37. The Morgan fingerprint density at radius 1 is 1.13 bits per heavy atom. The highest BCUT2D eigenvalue weighted by atomic mass is 32.2. The standard InChI is InChI=1S/C20H21F3N4O2S/c1-13(2)26-30(28,29)17-5-4-14(18(10-17)19-11-27(3)12-25-19)8-16-9-15(6-7-24-16)20(21,22)23/h4-7,9-13,26H,8H2,1-3H3. The lowest BCUT2D eigenvalue weighted by atomic mass is 10.00. The normalized spacial score (nSPS) is 12.5. The molecule has 0 aliphatic heterocycles. The first kappa shape index (κ1) is 22.0. The number of aromatic nitrogens is 3. The number of imidazole rings is 1. The highest BCUT2D eigenvalue weighted by molar-refractivity contribution is 7.89. The van der Waals surface area contributed by atoms with Crippen LogP contribution in [-0.4, -0.2) is 29.0 Å². The Labute approximate surface area is 172 Å². The lowest BCUT2D eigenvalue weighted by Crippen LogP contribution is -2.30. The first-order chi connectivity index (χ1) is 14.0. The zero-order valence-corrected chi connectivity index (χ0v) is 17.4. The van der Waals surface area contributed by atoms with E-state index in [-0.39, 0.29) is 23.1 Å². The van der Waals surface area contributed by atoms with Crippen LogP contribution in [0.25, 0.3) is 11.3 Å². The summed E-state index contributed by atoms with van der Waals surface area (Å²) in [6.45, 7) is 3.43. The largest absolute Gasteiger partial charge is 0.416 e. The predicted molar refractivity (Wildman–Crippen MR) is 106 cm³/mol. The number of pyridine rings is 1. The van der Waals surface area contributed by atoms with Gasteiger partial charge in [-0.25, -0.2) is 18.1 Å². The summed E-state index contributed by atoms with van der Waals surface area (Å²) in [6, 6.07) is 6.11. The number of rotatable bonds is 6. The fourth-order valence-corrected chi connectivity index (χ4v) is 4.27. The number of benzene rings is 1. The van der Waals surface area contributed by atoms with Crippen LogP contribution >= 0.6 is 0 Å². The van der Waals surface area contributed by atoms with Gasteiger partial charge in [-0.3, -0.25) is 4.98 Å². The van der Waals surface area contributed by atoms with E-state index in [2.05, 4.69) is 14.7 Å². The van der Waals surface area contributed by atoms with Crippen LogP contribution < -0.4 is 4.72 Å². The number of halogens is 3. The van der Waals surface area contributed by atoms with Gasteiger partial charge in [0.1, 0.15) is 0 Å². The Morgan fingerprint density at radius 3 is 2.47 bits per heavy atom. The van der Waals surface area contributed by atoms with Crippen molar-refractivity contribution in [1.82, 2.24) is 19.3 Å². The van der Waals surface area contributed by atoms with Crippen LogP contribution in [0, 0.1) is 0 Å². The Bertz CT molecular complexity index is 1150. The molecular weight excluding hydrogens is 417 g/mol. The van der Waals surface area contributed by atoms with Crippen LogP contribution in [0.2, 0.25) is 0 Å². The Hall–Kier alpha value is -2.72. The Kier molecular flexibility index (Phi) is 6.00. The summed E-state index contributed by atoms with van der Waals surface area (Å²) in [5.41, 5.74) is 1.08. The van der Waals surface area contributed by atoms with Crippen molar-refractivity contribution in [3.8, 4) is 11.3 Å². The lowest BCUT2D eigenvalue weighted by Gasteiger charge is -2.14. The van der Waals surface area contributed by atoms with Gasteiger partial charge in [-0.15, -0.1) is 0 Å². The third kappa shape index (κ3) is 5.06. The SMILES string of the molecule is CC(C)NS(=O)(=O)c1ccc(Cc2cc(C(F)(F)F)ccn2)c(-c2cn(C)cn2)c1. The molecule has 1 aromatic carbocycles. The van der Waals surface area contributed by atoms with Crippen molar-refractivity contribution in [2.45, 2.75) is 37.4 Å². The third-order valence-corrected chi connectivity index (χ3v) is 5.94. The average molecular weight is 438 g/mol. The minimum atomic E-state index is -4.47. The van der Waals surface area contributed by atoms with Crippen LogP contribution in [0.4, 0.5) is 13.2 Å². The highest BCUT2D eigenvalue weighted by Crippen LogP contribution is 2.31. The van der Waals surface area contributed by atoms with Crippen LogP contribution in [0.5, 0.6) is 0 Å². The molecule has 2 heterocycles. The van der Waals surface area contributed by atoms with Crippen molar-refractivity contribution in [2.75, 3.05) is 0 Å². The maximum atomic E-state index is 13.0. The molecule has 6 nitrogen and oxygen atoms in total. The molecule has 0 spiro atoms. The van der Waals surface area contributed by atoms with Crippen molar-refractivity contribution >= 4 is 10.0 Å². The van der Waals surface area contributed by atoms with Gasteiger partial charge in [0.25, 0.3) is 0 Å². The first-order valence-corrected chi connectivity index (χ1v) is 10.6. The average Bonchev–Trinajstić information content (AvgIpc) is 3.06. The van der Waals surface area contributed by atoms with E-state index in [9.17, 15) is 21.6 Å². The van der Waals surface area contributed by atoms with E-state index >= 15 is 0 Å². The van der Waals surface area contributed by atoms with Crippen molar-refractivity contribution in [1.29, 1.82) is 0 Å².